The number of para-hydroxylation sites is 1. The molecule has 0 radical (unpaired) electrons. The number of nitrogens with zero attached hydrogens (tertiary/aromatic N) is 1. The van der Waals surface area contributed by atoms with Gasteiger partial charge in [-0.3, -0.25) is 0 Å². The van der Waals surface area contributed by atoms with Crippen molar-refractivity contribution >= 4 is 5.69 Å². The molecule has 0 unspecified atom stereocenters. The lowest BCUT2D eigenvalue weighted by atomic mass is 10.3. The summed E-state index contributed by atoms with van der Waals surface area (Å²) in [5, 5.41) is 0. The molecule has 3 nitrogen and oxygen atoms in total. The Labute approximate surface area is 102 Å². The molecule has 4 heteroatoms. The van der Waals surface area contributed by atoms with Gasteiger partial charge in [0.25, 0.3) is 0 Å². The van der Waals surface area contributed by atoms with Crippen molar-refractivity contribution in [3.8, 4) is 0 Å². The maximum atomic E-state index is 13.5. The molecule has 0 amide bonds. The van der Waals surface area contributed by atoms with E-state index in [0.717, 1.165) is 0 Å². The number of hydrogen-bond donors (Lipinski definition) is 0. The van der Waals surface area contributed by atoms with Crippen LogP contribution >= 0.6 is 0 Å². The molecular weight excluding hydrogens is 221 g/mol. The average Bonchev–Trinajstić information content (AvgIpc) is 2.30. The molecule has 0 aromatic heterocycles. The van der Waals surface area contributed by atoms with Crippen molar-refractivity contribution in [1.29, 1.82) is 0 Å². The molecule has 0 heterocycles. The Morgan fingerprint density at radius 2 is 1.76 bits per heavy atom. The molecule has 0 N–H and O–H groups in total. The Kier molecular flexibility index (Phi) is 5.94. The second-order valence-electron chi connectivity index (χ2n) is 3.67. The first kappa shape index (κ1) is 13.9. The van der Waals surface area contributed by atoms with Crippen LogP contribution in [0.5, 0.6) is 0 Å². The maximum absolute atomic E-state index is 13.5. The van der Waals surface area contributed by atoms with Gasteiger partial charge in [-0.25, -0.2) is 4.39 Å². The minimum Gasteiger partial charge on any atom is -0.367 e. The average molecular weight is 241 g/mol. The van der Waals surface area contributed by atoms with E-state index in [1.54, 1.807) is 17.0 Å². The summed E-state index contributed by atoms with van der Waals surface area (Å²) >= 11 is 0. The third-order valence-electron chi connectivity index (χ3n) is 2.39. The first-order chi connectivity index (χ1) is 8.19. The van der Waals surface area contributed by atoms with Gasteiger partial charge >= 0.3 is 0 Å². The minimum atomic E-state index is -0.324. The largest absolute Gasteiger partial charge is 0.367 e. The summed E-state index contributed by atoms with van der Waals surface area (Å²) < 4.78 is 24.4. The van der Waals surface area contributed by atoms with Gasteiger partial charge in [0.05, 0.1) is 12.2 Å². The Hall–Kier alpha value is -1.13. The third kappa shape index (κ3) is 4.32. The number of hydrogen-bond acceptors (Lipinski definition) is 3. The molecule has 1 rings (SSSR count). The molecule has 0 atom stereocenters. The molecule has 0 spiro atoms. The first-order valence-corrected chi connectivity index (χ1v) is 5.87. The summed E-state index contributed by atoms with van der Waals surface area (Å²) in [6.07, 6.45) is -0.324. The normalized spacial score (nSPS) is 10.9. The third-order valence-corrected chi connectivity index (χ3v) is 2.39. The van der Waals surface area contributed by atoms with Gasteiger partial charge < -0.3 is 14.4 Å². The van der Waals surface area contributed by atoms with Crippen molar-refractivity contribution in [3.63, 3.8) is 0 Å². The highest BCUT2D eigenvalue weighted by atomic mass is 19.1. The van der Waals surface area contributed by atoms with Crippen LogP contribution in [-0.4, -0.2) is 33.1 Å². The number of halogens is 1. The lowest BCUT2D eigenvalue weighted by Gasteiger charge is -2.25. The number of ether oxygens (including phenoxy) is 2. The fourth-order valence-electron chi connectivity index (χ4n) is 1.61. The van der Waals surface area contributed by atoms with Gasteiger partial charge in [0, 0.05) is 20.3 Å². The molecule has 0 aliphatic rings. The number of likely N-dealkylation sites (N-methyl/N-ethyl adjacent to an activating group) is 1. The van der Waals surface area contributed by atoms with E-state index < -0.39 is 0 Å². The highest BCUT2D eigenvalue weighted by molar-refractivity contribution is 5.46. The molecule has 0 bridgehead atoms. The van der Waals surface area contributed by atoms with Crippen molar-refractivity contribution in [2.45, 2.75) is 20.1 Å². The van der Waals surface area contributed by atoms with Gasteiger partial charge in [0.1, 0.15) is 5.82 Å². The molecule has 0 aliphatic heterocycles. The quantitative estimate of drug-likeness (QED) is 0.685. The van der Waals surface area contributed by atoms with E-state index in [9.17, 15) is 4.39 Å². The summed E-state index contributed by atoms with van der Waals surface area (Å²) in [5.41, 5.74) is 0.553. The topological polar surface area (TPSA) is 21.7 Å². The summed E-state index contributed by atoms with van der Waals surface area (Å²) in [4.78, 5) is 1.80. The molecule has 0 fully saturated rings. The van der Waals surface area contributed by atoms with Gasteiger partial charge in [0.2, 0.25) is 0 Å². The summed E-state index contributed by atoms with van der Waals surface area (Å²) in [7, 11) is 1.82. The van der Waals surface area contributed by atoms with Crippen LogP contribution in [0.25, 0.3) is 0 Å². The highest BCUT2D eigenvalue weighted by Gasteiger charge is 2.14. The van der Waals surface area contributed by atoms with E-state index in [1.807, 2.05) is 27.0 Å². The van der Waals surface area contributed by atoms with Gasteiger partial charge in [-0.2, -0.15) is 0 Å². The lowest BCUT2D eigenvalue weighted by Crippen LogP contribution is -2.33. The van der Waals surface area contributed by atoms with Crippen LogP contribution in [0.4, 0.5) is 10.1 Å². The molecule has 0 saturated carbocycles. The zero-order chi connectivity index (χ0) is 12.7. The zero-order valence-corrected chi connectivity index (χ0v) is 10.6. The zero-order valence-electron chi connectivity index (χ0n) is 10.6. The van der Waals surface area contributed by atoms with Crippen LogP contribution < -0.4 is 4.90 Å². The van der Waals surface area contributed by atoms with Crippen molar-refractivity contribution < 1.29 is 13.9 Å². The Bertz CT molecular complexity index is 327. The summed E-state index contributed by atoms with van der Waals surface area (Å²) in [6, 6.07) is 6.67. The first-order valence-electron chi connectivity index (χ1n) is 5.87. The second kappa shape index (κ2) is 7.25. The van der Waals surface area contributed by atoms with Crippen LogP contribution in [-0.2, 0) is 9.47 Å². The SMILES string of the molecule is CCOC(CN(C)c1ccccc1F)OCC. The predicted octanol–water partition coefficient (Wildman–Crippen LogP) is 2.66. The Balaban J connectivity index is 2.63. The summed E-state index contributed by atoms with van der Waals surface area (Å²) in [6.45, 7) is 5.48. The van der Waals surface area contributed by atoms with E-state index in [-0.39, 0.29) is 12.1 Å². The van der Waals surface area contributed by atoms with Crippen molar-refractivity contribution in [3.05, 3.63) is 30.1 Å². The molecule has 17 heavy (non-hydrogen) atoms. The van der Waals surface area contributed by atoms with E-state index >= 15 is 0 Å². The van der Waals surface area contributed by atoms with Gasteiger partial charge in [-0.05, 0) is 26.0 Å². The van der Waals surface area contributed by atoms with Crippen LogP contribution in [0, 0.1) is 5.82 Å². The van der Waals surface area contributed by atoms with E-state index in [1.165, 1.54) is 6.07 Å². The molecular formula is C13H20FNO2. The van der Waals surface area contributed by atoms with Gasteiger partial charge in [-0.15, -0.1) is 0 Å². The smallest absolute Gasteiger partial charge is 0.174 e. The fourth-order valence-corrected chi connectivity index (χ4v) is 1.61. The van der Waals surface area contributed by atoms with E-state index in [2.05, 4.69) is 0 Å². The standard InChI is InChI=1S/C13H20FNO2/c1-4-16-13(17-5-2)10-15(3)12-9-7-6-8-11(12)14/h6-9,13H,4-5,10H2,1-3H3. The predicted molar refractivity (Wildman–Crippen MR) is 66.7 cm³/mol. The van der Waals surface area contributed by atoms with Gasteiger partial charge in [-0.1, -0.05) is 12.1 Å². The summed E-state index contributed by atoms with van der Waals surface area (Å²) in [5.74, 6) is -0.234. The van der Waals surface area contributed by atoms with Crippen molar-refractivity contribution in [2.24, 2.45) is 0 Å². The highest BCUT2D eigenvalue weighted by Crippen LogP contribution is 2.17. The lowest BCUT2D eigenvalue weighted by molar-refractivity contribution is -0.129. The van der Waals surface area contributed by atoms with Crippen LogP contribution in [0.1, 0.15) is 13.8 Å². The van der Waals surface area contributed by atoms with E-state index in [4.69, 9.17) is 9.47 Å². The fraction of sp³-hybridized carbons (Fsp3) is 0.538. The minimum absolute atomic E-state index is 0.234. The second-order valence-corrected chi connectivity index (χ2v) is 3.67. The number of benzene rings is 1. The Morgan fingerprint density at radius 1 is 1.18 bits per heavy atom. The van der Waals surface area contributed by atoms with Crippen molar-refractivity contribution in [2.75, 3.05) is 31.7 Å². The molecule has 0 aliphatic carbocycles. The van der Waals surface area contributed by atoms with Crippen molar-refractivity contribution in [1.82, 2.24) is 0 Å². The van der Waals surface area contributed by atoms with Gasteiger partial charge in [0.15, 0.2) is 6.29 Å². The van der Waals surface area contributed by atoms with E-state index in [0.29, 0.717) is 25.4 Å². The number of rotatable bonds is 7. The van der Waals surface area contributed by atoms with Crippen LogP contribution in [0.3, 0.4) is 0 Å². The Morgan fingerprint density at radius 3 is 2.29 bits per heavy atom. The van der Waals surface area contributed by atoms with Crippen LogP contribution in [0.15, 0.2) is 24.3 Å². The monoisotopic (exact) mass is 241 g/mol. The molecule has 0 saturated heterocycles. The molecule has 96 valence electrons. The van der Waals surface area contributed by atoms with Crippen LogP contribution in [0.2, 0.25) is 0 Å². The molecule has 1 aromatic carbocycles. The number of anilines is 1. The molecule has 1 aromatic rings. The maximum Gasteiger partial charge on any atom is 0.174 e.